The molecule has 0 aromatic carbocycles. The monoisotopic (exact) mass is 286 g/mol. The van der Waals surface area contributed by atoms with Crippen LogP contribution in [0.5, 0.6) is 0 Å². The molecule has 1 fully saturated rings. The summed E-state index contributed by atoms with van der Waals surface area (Å²) in [4.78, 5) is 44.0. The van der Waals surface area contributed by atoms with Crippen LogP contribution in [0.1, 0.15) is 25.7 Å². The van der Waals surface area contributed by atoms with E-state index in [-0.39, 0.29) is 31.3 Å². The van der Waals surface area contributed by atoms with Crippen molar-refractivity contribution in [1.82, 2.24) is 16.0 Å². The predicted octanol–water partition coefficient (Wildman–Crippen LogP) is -1.72. The van der Waals surface area contributed by atoms with Crippen LogP contribution in [-0.2, 0) is 14.4 Å². The minimum atomic E-state index is -1.24. The summed E-state index contributed by atoms with van der Waals surface area (Å²) in [6, 6.07) is -1.98. The minimum Gasteiger partial charge on any atom is -0.480 e. The van der Waals surface area contributed by atoms with Gasteiger partial charge in [-0.05, 0) is 12.8 Å². The van der Waals surface area contributed by atoms with Crippen molar-refractivity contribution in [3.05, 3.63) is 0 Å². The van der Waals surface area contributed by atoms with E-state index in [9.17, 15) is 19.2 Å². The first-order valence-electron chi connectivity index (χ1n) is 6.23. The third-order valence-corrected chi connectivity index (χ3v) is 2.88. The topological polar surface area (TPSA) is 151 Å². The molecule has 9 heteroatoms. The van der Waals surface area contributed by atoms with Crippen molar-refractivity contribution in [3.8, 4) is 0 Å². The molecule has 1 aliphatic heterocycles. The number of carbonyl (C=O) groups excluding carboxylic acids is 3. The van der Waals surface area contributed by atoms with Crippen molar-refractivity contribution in [2.75, 3.05) is 6.54 Å². The molecule has 1 saturated heterocycles. The highest BCUT2D eigenvalue weighted by atomic mass is 16.4. The van der Waals surface area contributed by atoms with Crippen LogP contribution in [0.2, 0.25) is 0 Å². The SMILES string of the molecule is NC(=O)CCC(NC(=O)NCC1CCC(=O)N1)C(=O)O. The smallest absolute Gasteiger partial charge is 0.326 e. The van der Waals surface area contributed by atoms with Gasteiger partial charge in [0.2, 0.25) is 11.8 Å². The fourth-order valence-electron chi connectivity index (χ4n) is 1.80. The van der Waals surface area contributed by atoms with E-state index in [1.807, 2.05) is 0 Å². The zero-order valence-electron chi connectivity index (χ0n) is 10.8. The van der Waals surface area contributed by atoms with Gasteiger partial charge in [-0.3, -0.25) is 9.59 Å². The Morgan fingerprint density at radius 3 is 2.65 bits per heavy atom. The van der Waals surface area contributed by atoms with Gasteiger partial charge in [0.1, 0.15) is 6.04 Å². The molecule has 9 nitrogen and oxygen atoms in total. The molecular weight excluding hydrogens is 268 g/mol. The number of primary amides is 1. The number of nitrogens with one attached hydrogen (secondary N) is 3. The summed E-state index contributed by atoms with van der Waals surface area (Å²) in [5.41, 5.74) is 4.93. The number of hydrogen-bond acceptors (Lipinski definition) is 4. The summed E-state index contributed by atoms with van der Waals surface area (Å²) in [5, 5.41) is 16.3. The van der Waals surface area contributed by atoms with Crippen LogP contribution in [0.3, 0.4) is 0 Å². The number of carboxylic acid groups (broad SMARTS) is 1. The van der Waals surface area contributed by atoms with E-state index in [1.165, 1.54) is 0 Å². The average molecular weight is 286 g/mol. The van der Waals surface area contributed by atoms with Gasteiger partial charge < -0.3 is 26.8 Å². The van der Waals surface area contributed by atoms with Gasteiger partial charge >= 0.3 is 12.0 Å². The molecule has 0 bridgehead atoms. The van der Waals surface area contributed by atoms with E-state index in [1.54, 1.807) is 0 Å². The Morgan fingerprint density at radius 1 is 1.45 bits per heavy atom. The molecule has 0 aromatic rings. The number of aliphatic carboxylic acids is 1. The van der Waals surface area contributed by atoms with Crippen LogP contribution >= 0.6 is 0 Å². The number of amides is 4. The molecule has 6 N–H and O–H groups in total. The molecule has 112 valence electrons. The molecule has 1 heterocycles. The third-order valence-electron chi connectivity index (χ3n) is 2.88. The lowest BCUT2D eigenvalue weighted by molar-refractivity contribution is -0.139. The van der Waals surface area contributed by atoms with E-state index >= 15 is 0 Å². The maximum Gasteiger partial charge on any atom is 0.326 e. The fraction of sp³-hybridized carbons (Fsp3) is 0.636. The lowest BCUT2D eigenvalue weighted by atomic mass is 10.1. The lowest BCUT2D eigenvalue weighted by Gasteiger charge is -2.16. The lowest BCUT2D eigenvalue weighted by Crippen LogP contribution is -2.49. The Bertz CT molecular complexity index is 412. The van der Waals surface area contributed by atoms with Crippen molar-refractivity contribution >= 4 is 23.8 Å². The van der Waals surface area contributed by atoms with E-state index < -0.39 is 23.9 Å². The maximum atomic E-state index is 11.5. The molecule has 2 atom stereocenters. The second-order valence-electron chi connectivity index (χ2n) is 4.55. The van der Waals surface area contributed by atoms with Crippen LogP contribution in [-0.4, -0.2) is 47.5 Å². The molecule has 0 aliphatic carbocycles. The Hall–Kier alpha value is -2.32. The molecule has 1 rings (SSSR count). The largest absolute Gasteiger partial charge is 0.480 e. The number of nitrogens with two attached hydrogens (primary N) is 1. The normalized spacial score (nSPS) is 19.0. The first-order chi connectivity index (χ1) is 9.38. The van der Waals surface area contributed by atoms with Crippen LogP contribution in [0, 0.1) is 0 Å². The third kappa shape index (κ3) is 5.55. The van der Waals surface area contributed by atoms with Gasteiger partial charge in [0.05, 0.1) is 0 Å². The quantitative estimate of drug-likeness (QED) is 0.377. The van der Waals surface area contributed by atoms with Crippen molar-refractivity contribution in [1.29, 1.82) is 0 Å². The van der Waals surface area contributed by atoms with Crippen LogP contribution in [0.25, 0.3) is 0 Å². The Balaban J connectivity index is 2.32. The molecule has 2 unspecified atom stereocenters. The first kappa shape index (κ1) is 15.7. The van der Waals surface area contributed by atoms with Crippen molar-refractivity contribution < 1.29 is 24.3 Å². The van der Waals surface area contributed by atoms with Gasteiger partial charge in [-0.2, -0.15) is 0 Å². The zero-order valence-corrected chi connectivity index (χ0v) is 10.8. The summed E-state index contributed by atoms with van der Waals surface area (Å²) in [7, 11) is 0. The molecule has 4 amide bonds. The minimum absolute atomic E-state index is 0.0675. The number of rotatable bonds is 7. The highest BCUT2D eigenvalue weighted by Crippen LogP contribution is 2.04. The molecule has 0 radical (unpaired) electrons. The fourth-order valence-corrected chi connectivity index (χ4v) is 1.80. The summed E-state index contributed by atoms with van der Waals surface area (Å²) in [5.74, 6) is -1.94. The van der Waals surface area contributed by atoms with E-state index in [4.69, 9.17) is 10.8 Å². The predicted molar refractivity (Wildman–Crippen MR) is 67.6 cm³/mol. The van der Waals surface area contributed by atoms with Crippen LogP contribution in [0.15, 0.2) is 0 Å². The number of urea groups is 1. The molecule has 1 aliphatic rings. The molecule has 0 aromatic heterocycles. The van der Waals surface area contributed by atoms with Gasteiger partial charge in [0, 0.05) is 25.4 Å². The van der Waals surface area contributed by atoms with Crippen molar-refractivity contribution in [2.24, 2.45) is 5.73 Å². The number of carboxylic acids is 1. The van der Waals surface area contributed by atoms with Crippen molar-refractivity contribution in [2.45, 2.75) is 37.8 Å². The molecule has 0 saturated carbocycles. The van der Waals surface area contributed by atoms with Gasteiger partial charge in [0.15, 0.2) is 0 Å². The zero-order chi connectivity index (χ0) is 15.1. The van der Waals surface area contributed by atoms with Gasteiger partial charge in [-0.1, -0.05) is 0 Å². The van der Waals surface area contributed by atoms with Gasteiger partial charge in [0.25, 0.3) is 0 Å². The Labute approximate surface area is 115 Å². The van der Waals surface area contributed by atoms with Gasteiger partial charge in [-0.15, -0.1) is 0 Å². The van der Waals surface area contributed by atoms with E-state index in [0.29, 0.717) is 12.8 Å². The van der Waals surface area contributed by atoms with E-state index in [0.717, 1.165) is 0 Å². The van der Waals surface area contributed by atoms with Gasteiger partial charge in [-0.25, -0.2) is 9.59 Å². The molecule has 20 heavy (non-hydrogen) atoms. The second-order valence-corrected chi connectivity index (χ2v) is 4.55. The highest BCUT2D eigenvalue weighted by molar-refractivity contribution is 5.83. The highest BCUT2D eigenvalue weighted by Gasteiger charge is 2.23. The van der Waals surface area contributed by atoms with Crippen molar-refractivity contribution in [3.63, 3.8) is 0 Å². The summed E-state index contributed by atoms with van der Waals surface area (Å²) in [6.45, 7) is 0.222. The first-order valence-corrected chi connectivity index (χ1v) is 6.23. The number of carbonyl (C=O) groups is 4. The molecule has 0 spiro atoms. The summed E-state index contributed by atoms with van der Waals surface area (Å²) in [6.07, 6.45) is 0.849. The summed E-state index contributed by atoms with van der Waals surface area (Å²) < 4.78 is 0. The summed E-state index contributed by atoms with van der Waals surface area (Å²) >= 11 is 0. The standard InChI is InChI=1S/C11H18N4O5/c12-8(16)3-2-7(10(18)19)15-11(20)13-5-6-1-4-9(17)14-6/h6-7H,1-5H2,(H2,12,16)(H,14,17)(H,18,19)(H2,13,15,20). The average Bonchev–Trinajstić information content (AvgIpc) is 2.77. The van der Waals surface area contributed by atoms with Crippen LogP contribution in [0.4, 0.5) is 4.79 Å². The number of hydrogen-bond donors (Lipinski definition) is 5. The van der Waals surface area contributed by atoms with E-state index in [2.05, 4.69) is 16.0 Å². The molecular formula is C11H18N4O5. The Morgan fingerprint density at radius 2 is 2.15 bits per heavy atom. The second kappa shape index (κ2) is 7.31. The van der Waals surface area contributed by atoms with Crippen LogP contribution < -0.4 is 21.7 Å². The Kier molecular flexibility index (Phi) is 5.75. The maximum absolute atomic E-state index is 11.5.